The molecule has 0 aliphatic carbocycles. The summed E-state index contributed by atoms with van der Waals surface area (Å²) in [5.41, 5.74) is 7.26. The number of hydrogen-bond acceptors (Lipinski definition) is 6. The van der Waals surface area contributed by atoms with Crippen LogP contribution in [-0.4, -0.2) is 94.7 Å². The highest BCUT2D eigenvalue weighted by atomic mass is 35.5. The highest BCUT2D eigenvalue weighted by molar-refractivity contribution is 7.39. The Balaban J connectivity index is 2.32. The number of carboxylic acids is 1. The molecular formula is C24H33ClN5O6P. The summed E-state index contributed by atoms with van der Waals surface area (Å²) < 4.78 is 0. The number of carboxylic acid groups (broad SMARTS) is 1. The largest absolute Gasteiger partial charge is 0.481 e. The van der Waals surface area contributed by atoms with E-state index in [-0.39, 0.29) is 29.6 Å². The second-order valence-electron chi connectivity index (χ2n) is 9.04. The molecule has 1 aromatic rings. The first kappa shape index (κ1) is 30.2. The minimum absolute atomic E-state index is 0.162. The number of rotatable bonds is 10. The minimum Gasteiger partial charge on any atom is -0.481 e. The van der Waals surface area contributed by atoms with Crippen LogP contribution in [-0.2, 0) is 19.2 Å². The molecule has 1 aromatic carbocycles. The van der Waals surface area contributed by atoms with E-state index in [1.165, 1.54) is 23.1 Å². The lowest BCUT2D eigenvalue weighted by molar-refractivity contribution is -0.146. The van der Waals surface area contributed by atoms with Crippen LogP contribution in [0, 0.1) is 5.92 Å². The van der Waals surface area contributed by atoms with E-state index in [0.29, 0.717) is 18.5 Å². The molecule has 202 valence electrons. The van der Waals surface area contributed by atoms with Crippen molar-refractivity contribution in [2.45, 2.75) is 45.3 Å². The third-order valence-corrected chi connectivity index (χ3v) is 7.37. The summed E-state index contributed by atoms with van der Waals surface area (Å²) in [5.74, 6) is -3.19. The quantitative estimate of drug-likeness (QED) is 0.190. The third kappa shape index (κ3) is 7.99. The van der Waals surface area contributed by atoms with Gasteiger partial charge in [-0.1, -0.05) is 33.7 Å². The van der Waals surface area contributed by atoms with Crippen molar-refractivity contribution >= 4 is 60.9 Å². The number of aldehydes is 1. The zero-order chi connectivity index (χ0) is 27.9. The number of carbonyl (C=O) groups is 5. The van der Waals surface area contributed by atoms with Gasteiger partial charge in [-0.15, -0.1) is 0 Å². The second-order valence-corrected chi connectivity index (χ2v) is 10.5. The van der Waals surface area contributed by atoms with Gasteiger partial charge in [-0.3, -0.25) is 24.1 Å². The number of nitrogens with zero attached hydrogens (tertiary/aromatic N) is 2. The van der Waals surface area contributed by atoms with Gasteiger partial charge in [0.25, 0.3) is 5.91 Å². The van der Waals surface area contributed by atoms with E-state index in [1.54, 1.807) is 13.8 Å². The number of nitrogen functional groups attached to an aromatic ring is 1. The molecule has 0 bridgehead atoms. The van der Waals surface area contributed by atoms with E-state index in [0.717, 1.165) is 13.6 Å². The van der Waals surface area contributed by atoms with E-state index >= 15 is 0 Å². The van der Waals surface area contributed by atoms with Gasteiger partial charge >= 0.3 is 5.97 Å². The van der Waals surface area contributed by atoms with Gasteiger partial charge < -0.3 is 31.2 Å². The number of nitrogens with one attached hydrogen (secondary N) is 2. The fraction of sp³-hybridized carbons (Fsp3) is 0.500. The van der Waals surface area contributed by atoms with Gasteiger partial charge in [-0.25, -0.2) is 0 Å². The molecule has 0 saturated carbocycles. The van der Waals surface area contributed by atoms with Crippen molar-refractivity contribution in [3.05, 3.63) is 28.8 Å². The number of piperazine rings is 1. The summed E-state index contributed by atoms with van der Waals surface area (Å²) in [6.45, 7) is 8.24. The summed E-state index contributed by atoms with van der Waals surface area (Å²) in [6.07, 6.45) is -0.219. The molecule has 1 fully saturated rings. The van der Waals surface area contributed by atoms with Crippen molar-refractivity contribution < 1.29 is 29.1 Å². The molecule has 1 unspecified atom stereocenters. The van der Waals surface area contributed by atoms with E-state index < -0.39 is 48.2 Å². The number of aliphatic carboxylic acids is 1. The van der Waals surface area contributed by atoms with Crippen LogP contribution >= 0.6 is 19.8 Å². The van der Waals surface area contributed by atoms with Crippen molar-refractivity contribution in [3.63, 3.8) is 0 Å². The highest BCUT2D eigenvalue weighted by Crippen LogP contribution is 2.21. The molecule has 1 aliphatic heterocycles. The molecule has 1 saturated heterocycles. The van der Waals surface area contributed by atoms with Crippen LogP contribution in [0.1, 0.15) is 37.6 Å². The summed E-state index contributed by atoms with van der Waals surface area (Å²) in [5, 5.41) is 14.4. The van der Waals surface area contributed by atoms with Crippen molar-refractivity contribution in [1.29, 1.82) is 0 Å². The van der Waals surface area contributed by atoms with Crippen molar-refractivity contribution in [1.82, 2.24) is 20.4 Å². The maximum atomic E-state index is 13.7. The van der Waals surface area contributed by atoms with Gasteiger partial charge in [0, 0.05) is 30.6 Å². The topological polar surface area (TPSA) is 162 Å². The lowest BCUT2D eigenvalue weighted by Gasteiger charge is -2.42. The molecule has 0 spiro atoms. The molecule has 37 heavy (non-hydrogen) atoms. The number of amides is 3. The van der Waals surface area contributed by atoms with Gasteiger partial charge in [0.2, 0.25) is 11.8 Å². The summed E-state index contributed by atoms with van der Waals surface area (Å²) in [4.78, 5) is 65.6. The molecule has 3 amide bonds. The fourth-order valence-electron chi connectivity index (χ4n) is 3.89. The number of nitrogens with two attached hydrogens (primary N) is 1. The number of carbonyl (C=O) groups excluding carboxylic acids is 4. The van der Waals surface area contributed by atoms with Crippen LogP contribution in [0.25, 0.3) is 0 Å². The van der Waals surface area contributed by atoms with Crippen molar-refractivity contribution in [2.75, 3.05) is 32.0 Å². The molecule has 3 atom stereocenters. The Kier molecular flexibility index (Phi) is 11.0. The molecule has 5 N–H and O–H groups in total. The molecule has 0 radical (unpaired) electrons. The lowest BCUT2D eigenvalue weighted by atomic mass is 9.99. The number of benzene rings is 1. The highest BCUT2D eigenvalue weighted by Gasteiger charge is 2.40. The fourth-order valence-corrected chi connectivity index (χ4v) is 4.54. The van der Waals surface area contributed by atoms with E-state index in [2.05, 4.69) is 10.6 Å². The first-order chi connectivity index (χ1) is 17.4. The zero-order valence-electron chi connectivity index (χ0n) is 21.2. The summed E-state index contributed by atoms with van der Waals surface area (Å²) in [6, 6.07) is 1.21. The van der Waals surface area contributed by atoms with Crippen LogP contribution < -0.4 is 16.4 Å². The standard InChI is InChI=1S/C24H33ClN5O6P/c1-13(2)21(28-22(34)15-5-6-18(26)17(25)9-15)24(36)30-8-7-29(14(3)37-4)11-19(30)23(35)27-16(12-31)10-20(32)33/h5-6,9,12-13,16,19,21H,7-8,10-11,26H2,1-4H3,(H,27,35)(H,28,34)(H,32,33)/t16-,19-,21?/m0/s1. The Morgan fingerprint density at radius 3 is 2.46 bits per heavy atom. The smallest absolute Gasteiger partial charge is 0.305 e. The maximum Gasteiger partial charge on any atom is 0.305 e. The van der Waals surface area contributed by atoms with Crippen LogP contribution in [0.3, 0.4) is 0 Å². The SMILES string of the molecule is CP=C(C)N1CCN(C(=O)C(NC(=O)c2ccc(N)c(Cl)c2)C(C)C)[C@H](C(=O)N[C@H](C=O)CC(=O)O)C1. The van der Waals surface area contributed by atoms with Gasteiger partial charge in [-0.05, 0) is 37.7 Å². The Hall–Kier alpha value is -3.01. The molecule has 2 rings (SSSR count). The first-order valence-corrected chi connectivity index (χ1v) is 13.4. The molecule has 11 nitrogen and oxygen atoms in total. The molecule has 1 aliphatic rings. The second kappa shape index (κ2) is 13.5. The number of anilines is 1. The van der Waals surface area contributed by atoms with E-state index in [4.69, 9.17) is 22.4 Å². The van der Waals surface area contributed by atoms with Crippen molar-refractivity contribution in [2.24, 2.45) is 5.92 Å². The van der Waals surface area contributed by atoms with Gasteiger partial charge in [0.05, 0.1) is 23.2 Å². The van der Waals surface area contributed by atoms with Crippen molar-refractivity contribution in [3.8, 4) is 0 Å². The maximum absolute atomic E-state index is 13.7. The average Bonchev–Trinajstić information content (AvgIpc) is 2.86. The lowest BCUT2D eigenvalue weighted by Crippen LogP contribution is -2.65. The van der Waals surface area contributed by atoms with Crippen LogP contribution in [0.2, 0.25) is 5.02 Å². The normalized spacial score (nSPS) is 18.2. The Labute approximate surface area is 222 Å². The number of halogens is 1. The van der Waals surface area contributed by atoms with Gasteiger partial charge in [0.1, 0.15) is 18.4 Å². The molecule has 1 heterocycles. The van der Waals surface area contributed by atoms with Crippen LogP contribution in [0.15, 0.2) is 18.2 Å². The van der Waals surface area contributed by atoms with Crippen LogP contribution in [0.5, 0.6) is 0 Å². The van der Waals surface area contributed by atoms with Gasteiger partial charge in [0.15, 0.2) is 0 Å². The zero-order valence-corrected chi connectivity index (χ0v) is 22.9. The number of hydrogen-bond donors (Lipinski definition) is 4. The van der Waals surface area contributed by atoms with E-state index in [1.807, 2.05) is 18.5 Å². The predicted molar refractivity (Wildman–Crippen MR) is 143 cm³/mol. The molecule has 13 heteroatoms. The minimum atomic E-state index is -1.24. The Morgan fingerprint density at radius 1 is 1.24 bits per heavy atom. The predicted octanol–water partition coefficient (Wildman–Crippen LogP) is 1.07. The first-order valence-electron chi connectivity index (χ1n) is 11.7. The van der Waals surface area contributed by atoms with E-state index in [9.17, 15) is 24.0 Å². The summed E-state index contributed by atoms with van der Waals surface area (Å²) >= 11 is 6.04. The van der Waals surface area contributed by atoms with Crippen LogP contribution in [0.4, 0.5) is 5.69 Å². The molecule has 0 aromatic heterocycles. The molecular weight excluding hydrogens is 521 g/mol. The third-order valence-electron chi connectivity index (χ3n) is 6.12. The Bertz CT molecular complexity index is 1080. The van der Waals surface area contributed by atoms with Gasteiger partial charge in [-0.2, -0.15) is 0 Å². The monoisotopic (exact) mass is 553 g/mol. The Morgan fingerprint density at radius 2 is 1.92 bits per heavy atom. The average molecular weight is 554 g/mol. The summed E-state index contributed by atoms with van der Waals surface area (Å²) in [7, 11) is 0.995.